The molecule has 0 spiro atoms. The summed E-state index contributed by atoms with van der Waals surface area (Å²) in [7, 11) is 3.87. The van der Waals surface area contributed by atoms with Crippen LogP contribution in [0.5, 0.6) is 0 Å². The average Bonchev–Trinajstić information content (AvgIpc) is 2.67. The predicted octanol–water partition coefficient (Wildman–Crippen LogP) is 4.12. The zero-order valence-corrected chi connectivity index (χ0v) is 17.5. The highest BCUT2D eigenvalue weighted by molar-refractivity contribution is 5.90. The minimum atomic E-state index is -4.33. The van der Waals surface area contributed by atoms with E-state index in [1.165, 1.54) is 6.92 Å². The molecule has 1 aliphatic carbocycles. The molecule has 2 aromatic rings. The summed E-state index contributed by atoms with van der Waals surface area (Å²) in [6.45, 7) is 1.31. The zero-order chi connectivity index (χ0) is 21.9. The molecule has 6 nitrogen and oxygen atoms in total. The fourth-order valence-corrected chi connectivity index (χ4v) is 3.81. The van der Waals surface area contributed by atoms with E-state index in [0.717, 1.165) is 29.6 Å². The van der Waals surface area contributed by atoms with Crippen molar-refractivity contribution in [1.29, 1.82) is 0 Å². The van der Waals surface area contributed by atoms with Gasteiger partial charge >= 0.3 is 6.18 Å². The Labute approximate surface area is 174 Å². The maximum Gasteiger partial charge on any atom is 0.389 e. The van der Waals surface area contributed by atoms with E-state index in [2.05, 4.69) is 20.6 Å². The van der Waals surface area contributed by atoms with E-state index < -0.39 is 24.4 Å². The molecule has 0 bridgehead atoms. The van der Waals surface area contributed by atoms with Crippen LogP contribution in [0.1, 0.15) is 39.0 Å². The van der Waals surface area contributed by atoms with Crippen molar-refractivity contribution in [3.63, 3.8) is 0 Å². The van der Waals surface area contributed by atoms with Crippen molar-refractivity contribution in [2.75, 3.05) is 24.3 Å². The number of carbonyl (C=O) groups excluding carboxylic acids is 1. The van der Waals surface area contributed by atoms with Crippen LogP contribution >= 0.6 is 0 Å². The summed E-state index contributed by atoms with van der Waals surface area (Å²) >= 11 is 0. The van der Waals surface area contributed by atoms with Crippen LogP contribution in [0.3, 0.4) is 0 Å². The maximum atomic E-state index is 12.5. The Morgan fingerprint density at radius 2 is 1.77 bits per heavy atom. The first-order chi connectivity index (χ1) is 14.1. The van der Waals surface area contributed by atoms with Gasteiger partial charge in [0.25, 0.3) is 0 Å². The fourth-order valence-electron chi connectivity index (χ4n) is 3.81. The van der Waals surface area contributed by atoms with Gasteiger partial charge in [-0.05, 0) is 37.8 Å². The molecule has 3 rings (SSSR count). The third-order valence-corrected chi connectivity index (χ3v) is 5.40. The van der Waals surface area contributed by atoms with Crippen LogP contribution in [0.25, 0.3) is 10.9 Å². The standard InChI is InChI=1S/C21H28F3N5O/c1-13(12-21(22,23)24)19(30)25-14-8-10-15(11-9-14)26-20-27-17-7-5-4-6-16(17)18(28-20)29(2)3/h4-7,13-15H,8-12H2,1-3H3,(H,25,30)(H,26,27,28)/t13?,14-,15+. The van der Waals surface area contributed by atoms with Gasteiger partial charge in [-0.3, -0.25) is 4.79 Å². The molecule has 1 aromatic carbocycles. The van der Waals surface area contributed by atoms with Crippen LogP contribution in [0.4, 0.5) is 24.9 Å². The van der Waals surface area contributed by atoms with E-state index in [1.807, 2.05) is 43.3 Å². The van der Waals surface area contributed by atoms with Crippen molar-refractivity contribution in [1.82, 2.24) is 15.3 Å². The van der Waals surface area contributed by atoms with Gasteiger partial charge in [0.2, 0.25) is 11.9 Å². The first-order valence-electron chi connectivity index (χ1n) is 10.2. The minimum absolute atomic E-state index is 0.0962. The molecule has 1 amide bonds. The summed E-state index contributed by atoms with van der Waals surface area (Å²) in [6.07, 6.45) is -2.45. The van der Waals surface area contributed by atoms with Crippen LogP contribution in [0.15, 0.2) is 24.3 Å². The lowest BCUT2D eigenvalue weighted by molar-refractivity contribution is -0.153. The number of alkyl halides is 3. The first kappa shape index (κ1) is 22.1. The lowest BCUT2D eigenvalue weighted by atomic mass is 9.90. The van der Waals surface area contributed by atoms with Crippen LogP contribution in [-0.2, 0) is 4.79 Å². The number of amides is 1. The quantitative estimate of drug-likeness (QED) is 0.731. The van der Waals surface area contributed by atoms with Crippen LogP contribution in [0.2, 0.25) is 0 Å². The van der Waals surface area contributed by atoms with Gasteiger partial charge in [-0.1, -0.05) is 19.1 Å². The second-order valence-electron chi connectivity index (χ2n) is 8.20. The van der Waals surface area contributed by atoms with E-state index >= 15 is 0 Å². The Kier molecular flexibility index (Phi) is 6.67. The Bertz CT molecular complexity index is 879. The molecule has 30 heavy (non-hydrogen) atoms. The van der Waals surface area contributed by atoms with Gasteiger partial charge in [0.1, 0.15) is 5.82 Å². The second-order valence-corrected chi connectivity index (χ2v) is 8.20. The number of anilines is 2. The smallest absolute Gasteiger partial charge is 0.362 e. The molecular formula is C21H28F3N5O. The van der Waals surface area contributed by atoms with E-state index in [1.54, 1.807) is 0 Å². The third kappa shape index (κ3) is 5.73. The van der Waals surface area contributed by atoms with Gasteiger partial charge in [0, 0.05) is 37.5 Å². The molecule has 1 heterocycles. The van der Waals surface area contributed by atoms with Gasteiger partial charge < -0.3 is 15.5 Å². The lowest BCUT2D eigenvalue weighted by Gasteiger charge is -2.30. The molecule has 1 aromatic heterocycles. The fraction of sp³-hybridized carbons (Fsp3) is 0.571. The second kappa shape index (κ2) is 9.06. The number of fused-ring (bicyclic) bond motifs is 1. The molecular weight excluding hydrogens is 395 g/mol. The Balaban J connectivity index is 1.57. The Hall–Kier alpha value is -2.58. The van der Waals surface area contributed by atoms with Gasteiger partial charge in [-0.25, -0.2) is 4.98 Å². The number of halogens is 3. The number of benzene rings is 1. The summed E-state index contributed by atoms with van der Waals surface area (Å²) in [5, 5.41) is 7.13. The third-order valence-electron chi connectivity index (χ3n) is 5.40. The Morgan fingerprint density at radius 3 is 2.40 bits per heavy atom. The molecule has 1 atom stereocenters. The molecule has 0 saturated heterocycles. The van der Waals surface area contributed by atoms with Gasteiger partial charge in [0.05, 0.1) is 11.9 Å². The molecule has 164 valence electrons. The molecule has 0 aliphatic heterocycles. The highest BCUT2D eigenvalue weighted by atomic mass is 19.4. The number of aromatic nitrogens is 2. The maximum absolute atomic E-state index is 12.5. The molecule has 2 N–H and O–H groups in total. The van der Waals surface area contributed by atoms with Crippen LogP contribution in [0, 0.1) is 5.92 Å². The van der Waals surface area contributed by atoms with E-state index in [-0.39, 0.29) is 12.1 Å². The zero-order valence-electron chi connectivity index (χ0n) is 17.5. The van der Waals surface area contributed by atoms with E-state index in [4.69, 9.17) is 0 Å². The molecule has 9 heteroatoms. The van der Waals surface area contributed by atoms with Crippen molar-refractivity contribution in [3.8, 4) is 0 Å². The van der Waals surface area contributed by atoms with Crippen molar-refractivity contribution in [3.05, 3.63) is 24.3 Å². The summed E-state index contributed by atoms with van der Waals surface area (Å²) in [5.41, 5.74) is 0.860. The monoisotopic (exact) mass is 423 g/mol. The van der Waals surface area contributed by atoms with Crippen molar-refractivity contribution < 1.29 is 18.0 Å². The van der Waals surface area contributed by atoms with Gasteiger partial charge in [-0.2, -0.15) is 18.2 Å². The van der Waals surface area contributed by atoms with E-state index in [9.17, 15) is 18.0 Å². The summed E-state index contributed by atoms with van der Waals surface area (Å²) in [6, 6.07) is 7.89. The number of nitrogens with zero attached hydrogens (tertiary/aromatic N) is 3. The molecule has 1 saturated carbocycles. The van der Waals surface area contributed by atoms with Crippen molar-refractivity contribution in [2.24, 2.45) is 5.92 Å². The number of hydrogen-bond donors (Lipinski definition) is 2. The summed E-state index contributed by atoms with van der Waals surface area (Å²) in [4.78, 5) is 23.2. The normalized spacial score (nSPS) is 20.6. The van der Waals surface area contributed by atoms with Crippen LogP contribution < -0.4 is 15.5 Å². The topological polar surface area (TPSA) is 70.2 Å². The summed E-state index contributed by atoms with van der Waals surface area (Å²) < 4.78 is 37.4. The first-order valence-corrected chi connectivity index (χ1v) is 10.2. The largest absolute Gasteiger partial charge is 0.389 e. The minimum Gasteiger partial charge on any atom is -0.362 e. The number of rotatable bonds is 6. The van der Waals surface area contributed by atoms with E-state index in [0.29, 0.717) is 18.8 Å². The van der Waals surface area contributed by atoms with Crippen molar-refractivity contribution >= 4 is 28.6 Å². The SMILES string of the molecule is CC(CC(F)(F)F)C(=O)N[C@H]1CC[C@@H](Nc2nc(N(C)C)c3ccccc3n2)CC1. The van der Waals surface area contributed by atoms with Gasteiger partial charge in [-0.15, -0.1) is 0 Å². The highest BCUT2D eigenvalue weighted by Gasteiger charge is 2.34. The number of hydrogen-bond acceptors (Lipinski definition) is 5. The molecule has 0 radical (unpaired) electrons. The predicted molar refractivity (Wildman–Crippen MR) is 112 cm³/mol. The van der Waals surface area contributed by atoms with Crippen molar-refractivity contribution in [2.45, 2.75) is 57.3 Å². The number of nitrogens with one attached hydrogen (secondary N) is 2. The lowest BCUT2D eigenvalue weighted by Crippen LogP contribution is -2.43. The molecule has 1 unspecified atom stereocenters. The molecule has 1 fully saturated rings. The summed E-state index contributed by atoms with van der Waals surface area (Å²) in [5.74, 6) is -0.208. The average molecular weight is 423 g/mol. The number of carbonyl (C=O) groups is 1. The molecule has 1 aliphatic rings. The number of para-hydroxylation sites is 1. The Morgan fingerprint density at radius 1 is 1.13 bits per heavy atom. The van der Waals surface area contributed by atoms with Gasteiger partial charge in [0.15, 0.2) is 0 Å². The highest BCUT2D eigenvalue weighted by Crippen LogP contribution is 2.27. The van der Waals surface area contributed by atoms with Crippen LogP contribution in [-0.4, -0.2) is 48.2 Å².